The fourth-order valence-electron chi connectivity index (χ4n) is 10.2. The summed E-state index contributed by atoms with van der Waals surface area (Å²) in [5.74, 6) is -0.529. The second-order valence-corrected chi connectivity index (χ2v) is 15.7. The Bertz CT molecular complexity index is 1730. The van der Waals surface area contributed by atoms with Crippen molar-refractivity contribution in [3.05, 3.63) is 93.2 Å². The van der Waals surface area contributed by atoms with Crippen molar-refractivity contribution in [1.29, 1.82) is 0 Å². The second kappa shape index (κ2) is 12.1. The van der Waals surface area contributed by atoms with Gasteiger partial charge in [0.2, 0.25) is 0 Å². The van der Waals surface area contributed by atoms with E-state index in [-0.39, 0.29) is 46.8 Å². The highest BCUT2D eigenvalue weighted by Crippen LogP contribution is 2.66. The van der Waals surface area contributed by atoms with Gasteiger partial charge >= 0.3 is 0 Å². The maximum absolute atomic E-state index is 14.4. The number of aldehydes is 1. The Kier molecular flexibility index (Phi) is 8.17. The summed E-state index contributed by atoms with van der Waals surface area (Å²) < 4.78 is 0. The molecule has 8 aliphatic rings. The Balaban J connectivity index is 1.30. The zero-order valence-corrected chi connectivity index (χ0v) is 28.0. The molecule has 0 aliphatic heterocycles. The molecule has 244 valence electrons. The lowest BCUT2D eigenvalue weighted by Gasteiger charge is -2.60. The van der Waals surface area contributed by atoms with Gasteiger partial charge in [-0.05, 0) is 134 Å². The van der Waals surface area contributed by atoms with Crippen LogP contribution in [0.15, 0.2) is 93.2 Å². The quantitative estimate of drug-likeness (QED) is 0.166. The number of carbonyl (C=O) groups is 5. The largest absolute Gasteiger partial charge is 0.303 e. The summed E-state index contributed by atoms with van der Waals surface area (Å²) in [4.78, 5) is 68.0. The third kappa shape index (κ3) is 5.44. The molecule has 0 radical (unpaired) electrons. The van der Waals surface area contributed by atoms with Gasteiger partial charge in [-0.1, -0.05) is 58.2 Å². The summed E-state index contributed by atoms with van der Waals surface area (Å²) in [6.07, 6.45) is 25.1. The first-order chi connectivity index (χ1) is 22.5. The van der Waals surface area contributed by atoms with Crippen LogP contribution in [0, 0.1) is 34.5 Å². The van der Waals surface area contributed by atoms with Gasteiger partial charge in [0.1, 0.15) is 6.29 Å². The number of allylic oxidation sites excluding steroid dienone is 16. The molecule has 0 aromatic heterocycles. The normalized spacial score (nSPS) is 39.3. The molecule has 0 aromatic rings. The van der Waals surface area contributed by atoms with Crippen molar-refractivity contribution in [3.8, 4) is 0 Å². The van der Waals surface area contributed by atoms with Crippen molar-refractivity contribution in [3.63, 3.8) is 0 Å². The van der Waals surface area contributed by atoms with Gasteiger partial charge in [-0.3, -0.25) is 19.2 Å². The molecule has 7 bridgehead atoms. The van der Waals surface area contributed by atoms with Crippen molar-refractivity contribution in [1.82, 2.24) is 0 Å². The van der Waals surface area contributed by atoms with Gasteiger partial charge in [0.05, 0.1) is 0 Å². The van der Waals surface area contributed by atoms with E-state index in [4.69, 9.17) is 0 Å². The van der Waals surface area contributed by atoms with Crippen LogP contribution < -0.4 is 0 Å². The van der Waals surface area contributed by atoms with E-state index < -0.39 is 10.8 Å². The lowest BCUT2D eigenvalue weighted by atomic mass is 9.41. The van der Waals surface area contributed by atoms with Crippen molar-refractivity contribution < 1.29 is 24.0 Å². The number of ketones is 4. The molecule has 5 heteroatoms. The summed E-state index contributed by atoms with van der Waals surface area (Å²) in [6.45, 7) is 6.13. The van der Waals surface area contributed by atoms with E-state index in [1.54, 1.807) is 6.08 Å². The second-order valence-electron chi connectivity index (χ2n) is 15.7. The number of hydrogen-bond donors (Lipinski definition) is 0. The van der Waals surface area contributed by atoms with Crippen molar-refractivity contribution in [2.75, 3.05) is 0 Å². The molecule has 5 nitrogen and oxygen atoms in total. The summed E-state index contributed by atoms with van der Waals surface area (Å²) in [6, 6.07) is 0. The molecule has 6 atom stereocenters. The maximum atomic E-state index is 14.4. The van der Waals surface area contributed by atoms with Crippen molar-refractivity contribution >= 4 is 29.4 Å². The van der Waals surface area contributed by atoms with Crippen molar-refractivity contribution in [2.24, 2.45) is 34.5 Å². The number of Topliss-reactive ketones (excluding diaryl/α,β-unsaturated/α-hetero) is 1. The molecule has 0 saturated heterocycles. The van der Waals surface area contributed by atoms with Crippen LogP contribution in [0.3, 0.4) is 0 Å². The van der Waals surface area contributed by atoms with Gasteiger partial charge in [-0.25, -0.2) is 0 Å². The lowest BCUT2D eigenvalue weighted by molar-refractivity contribution is -0.156. The Morgan fingerprint density at radius 3 is 2.04 bits per heavy atom. The van der Waals surface area contributed by atoms with Gasteiger partial charge in [0.15, 0.2) is 23.1 Å². The third-order valence-electron chi connectivity index (χ3n) is 12.7. The minimum atomic E-state index is -0.782. The Morgan fingerprint density at radius 2 is 1.32 bits per heavy atom. The fraction of sp³-hybridized carbons (Fsp3) is 0.500. The maximum Gasteiger partial charge on any atom is 0.182 e. The molecule has 0 unspecified atom stereocenters. The molecule has 1 fully saturated rings. The minimum absolute atomic E-state index is 0.0280. The standard InChI is InChI=1S/C42H46O5/c1-25-6-4-8-28-15-33(14-27(3)10-11-30-19-38(45)31(12-25)20-37(30)44)41(24-43)22-35-17-29-9-5-7-26(2)13-32-21-39(46)42(35,23-34(41)16-28)36(18-29)40(32)47/h6-7,10,15,17,19-21,24,33-36H,4-5,8-9,11-14,16,18,22-23H2,1-3H3/b25-6-,26-7-,27-10+/t33-,34+,35+,36-,41-,42-/m1/s1. The fourth-order valence-corrected chi connectivity index (χ4v) is 10.2. The molecular weight excluding hydrogens is 584 g/mol. The lowest BCUT2D eigenvalue weighted by Crippen LogP contribution is -2.60. The van der Waals surface area contributed by atoms with Gasteiger partial charge in [0.25, 0.3) is 0 Å². The number of fused-ring (bicyclic) bond motifs is 10. The van der Waals surface area contributed by atoms with Crippen LogP contribution in [0.1, 0.15) is 97.8 Å². The zero-order valence-electron chi connectivity index (χ0n) is 28.0. The van der Waals surface area contributed by atoms with Crippen LogP contribution in [0.4, 0.5) is 0 Å². The zero-order chi connectivity index (χ0) is 33.1. The summed E-state index contributed by atoms with van der Waals surface area (Å²) in [5.41, 5.74) is 6.15. The summed E-state index contributed by atoms with van der Waals surface area (Å²) >= 11 is 0. The smallest absolute Gasteiger partial charge is 0.182 e. The van der Waals surface area contributed by atoms with E-state index in [9.17, 15) is 24.0 Å². The number of rotatable bonds is 1. The molecule has 0 heterocycles. The van der Waals surface area contributed by atoms with Gasteiger partial charge < -0.3 is 4.79 Å². The Hall–Kier alpha value is -3.73. The number of carbonyl (C=O) groups excluding carboxylic acids is 5. The molecule has 0 N–H and O–H groups in total. The van der Waals surface area contributed by atoms with Crippen LogP contribution in [0.2, 0.25) is 0 Å². The van der Waals surface area contributed by atoms with Crippen molar-refractivity contribution in [2.45, 2.75) is 97.8 Å². The van der Waals surface area contributed by atoms with E-state index in [2.05, 4.69) is 38.2 Å². The van der Waals surface area contributed by atoms with E-state index in [1.165, 1.54) is 29.6 Å². The highest BCUT2D eigenvalue weighted by Gasteiger charge is 2.65. The molecule has 1 spiro atoms. The molecule has 47 heavy (non-hydrogen) atoms. The predicted molar refractivity (Wildman–Crippen MR) is 182 cm³/mol. The number of hydrogen-bond acceptors (Lipinski definition) is 5. The predicted octanol–water partition coefficient (Wildman–Crippen LogP) is 8.15. The minimum Gasteiger partial charge on any atom is -0.303 e. The average Bonchev–Trinajstić information content (AvgIpc) is 3.02. The Labute approximate surface area is 278 Å². The first-order valence-corrected chi connectivity index (χ1v) is 17.6. The van der Waals surface area contributed by atoms with E-state index >= 15 is 0 Å². The van der Waals surface area contributed by atoms with E-state index in [0.29, 0.717) is 61.7 Å². The monoisotopic (exact) mass is 630 g/mol. The summed E-state index contributed by atoms with van der Waals surface area (Å²) in [5, 5.41) is 0. The van der Waals surface area contributed by atoms with Gasteiger partial charge in [-0.15, -0.1) is 0 Å². The van der Waals surface area contributed by atoms with E-state index in [1.807, 2.05) is 13.0 Å². The molecule has 0 aromatic carbocycles. The van der Waals surface area contributed by atoms with Crippen LogP contribution in [-0.4, -0.2) is 29.4 Å². The third-order valence-corrected chi connectivity index (χ3v) is 12.7. The first kappa shape index (κ1) is 31.8. The van der Waals surface area contributed by atoms with E-state index in [0.717, 1.165) is 48.8 Å². The highest BCUT2D eigenvalue weighted by atomic mass is 16.1. The average molecular weight is 631 g/mol. The Morgan fingerprint density at radius 1 is 0.681 bits per heavy atom. The molecule has 8 rings (SSSR count). The van der Waals surface area contributed by atoms with Gasteiger partial charge in [-0.2, -0.15) is 0 Å². The molecule has 1 saturated carbocycles. The van der Waals surface area contributed by atoms with Crippen LogP contribution in [0.25, 0.3) is 0 Å². The van der Waals surface area contributed by atoms with Crippen LogP contribution in [0.5, 0.6) is 0 Å². The first-order valence-electron chi connectivity index (χ1n) is 17.6. The molecule has 0 amide bonds. The summed E-state index contributed by atoms with van der Waals surface area (Å²) in [7, 11) is 0. The van der Waals surface area contributed by atoms with Crippen LogP contribution >= 0.6 is 0 Å². The highest BCUT2D eigenvalue weighted by molar-refractivity contribution is 6.20. The topological polar surface area (TPSA) is 85.3 Å². The molecular formula is C42H46O5. The SMILES string of the molecule is C/C1=C/CCC2=C[C@@H](C/C(C)=C/CC3=CC(=O)C(=CC3=O)C1)[C@]1(C=O)C[C@@H]3C=C4CC/C=C(/C)CC5=CC(=O)[C@@]3(C[C@@H]1C2)[C@H](C4)C5=O. The van der Waals surface area contributed by atoms with Gasteiger partial charge in [0, 0.05) is 33.5 Å². The molecule has 8 aliphatic carbocycles. The van der Waals surface area contributed by atoms with Crippen LogP contribution in [-0.2, 0) is 24.0 Å².